The Morgan fingerprint density at radius 1 is 1.35 bits per heavy atom. The van der Waals surface area contributed by atoms with Gasteiger partial charge in [0.2, 0.25) is 0 Å². The first kappa shape index (κ1) is 15.7. The number of hydrogen-bond donors (Lipinski definition) is 1. The maximum Gasteiger partial charge on any atom is 0.264 e. The monoisotopic (exact) mass is 315 g/mol. The van der Waals surface area contributed by atoms with Gasteiger partial charge < -0.3 is 9.84 Å². The molecule has 0 aromatic heterocycles. The molecule has 2 aliphatic rings. The van der Waals surface area contributed by atoms with Crippen LogP contribution in [-0.4, -0.2) is 29.4 Å². The number of Topliss-reactive ketones (excluding diaryl/α,β-unsaturated/α-hetero) is 1. The number of rotatable bonds is 3. The molecule has 0 bridgehead atoms. The molecule has 1 aromatic rings. The molecule has 1 unspecified atom stereocenters. The summed E-state index contributed by atoms with van der Waals surface area (Å²) in [5.41, 5.74) is 0.601. The number of ether oxygens (including phenoxy) is 1. The van der Waals surface area contributed by atoms with Gasteiger partial charge in [0.25, 0.3) is 5.91 Å². The summed E-state index contributed by atoms with van der Waals surface area (Å²) in [6.45, 7) is 7.19. The zero-order chi connectivity index (χ0) is 17.2. The molecule has 3 rings (SSSR count). The summed E-state index contributed by atoms with van der Waals surface area (Å²) in [6, 6.07) is 3.52. The van der Waals surface area contributed by atoms with Crippen LogP contribution in [0.2, 0.25) is 0 Å². The van der Waals surface area contributed by atoms with Crippen molar-refractivity contribution in [3.8, 4) is 5.75 Å². The van der Waals surface area contributed by atoms with E-state index in [1.165, 1.54) is 6.92 Å². The molecule has 1 N–H and O–H groups in total. The second-order valence-electron chi connectivity index (χ2n) is 6.93. The lowest BCUT2D eigenvalue weighted by atomic mass is 9.86. The number of anilines is 1. The van der Waals surface area contributed by atoms with Gasteiger partial charge in [-0.15, -0.1) is 0 Å². The lowest BCUT2D eigenvalue weighted by molar-refractivity contribution is -0.141. The van der Waals surface area contributed by atoms with Crippen molar-refractivity contribution in [2.45, 2.75) is 45.3 Å². The van der Waals surface area contributed by atoms with Crippen LogP contribution in [0.3, 0.4) is 0 Å². The van der Waals surface area contributed by atoms with E-state index in [0.29, 0.717) is 17.0 Å². The molecular weight excluding hydrogens is 294 g/mol. The molecule has 0 radical (unpaired) electrons. The Morgan fingerprint density at radius 2 is 2.00 bits per heavy atom. The lowest BCUT2D eigenvalue weighted by Gasteiger charge is -2.39. The molecule has 1 atom stereocenters. The number of amides is 1. The maximum atomic E-state index is 13.0. The van der Waals surface area contributed by atoms with Gasteiger partial charge in [0.1, 0.15) is 11.5 Å². The number of aliphatic hydroxyl groups is 1. The zero-order valence-corrected chi connectivity index (χ0v) is 14.1. The van der Waals surface area contributed by atoms with Gasteiger partial charge >= 0.3 is 0 Å². The maximum absolute atomic E-state index is 13.0. The van der Waals surface area contributed by atoms with Gasteiger partial charge in [-0.05, 0) is 45.4 Å². The number of carbonyl (C=O) groups is 2. The van der Waals surface area contributed by atoms with Gasteiger partial charge in [0.05, 0.1) is 18.3 Å². The fraction of sp³-hybridized carbons (Fsp3) is 0.444. The fourth-order valence-corrected chi connectivity index (χ4v) is 3.74. The molecule has 0 saturated carbocycles. The van der Waals surface area contributed by atoms with Crippen LogP contribution in [0.1, 0.15) is 45.2 Å². The average Bonchev–Trinajstić information content (AvgIpc) is 2.65. The highest BCUT2D eigenvalue weighted by atomic mass is 16.5. The minimum atomic E-state index is -1.83. The normalized spacial score (nSPS) is 24.3. The van der Waals surface area contributed by atoms with Crippen LogP contribution < -0.4 is 9.64 Å². The number of allylic oxidation sites excluding steroid dienone is 1. The summed E-state index contributed by atoms with van der Waals surface area (Å²) >= 11 is 0. The molecule has 2 aliphatic heterocycles. The van der Waals surface area contributed by atoms with Crippen molar-refractivity contribution in [2.24, 2.45) is 0 Å². The summed E-state index contributed by atoms with van der Waals surface area (Å²) in [7, 11) is 1.54. The highest BCUT2D eigenvalue weighted by Crippen LogP contribution is 2.53. The first-order valence-corrected chi connectivity index (χ1v) is 7.60. The minimum Gasteiger partial charge on any atom is -0.497 e. The average molecular weight is 315 g/mol. The van der Waals surface area contributed by atoms with E-state index >= 15 is 0 Å². The summed E-state index contributed by atoms with van der Waals surface area (Å²) < 4.78 is 5.32. The van der Waals surface area contributed by atoms with Gasteiger partial charge in [-0.3, -0.25) is 14.5 Å². The van der Waals surface area contributed by atoms with Crippen molar-refractivity contribution in [1.29, 1.82) is 0 Å². The van der Waals surface area contributed by atoms with E-state index in [1.54, 1.807) is 18.1 Å². The summed E-state index contributed by atoms with van der Waals surface area (Å²) in [4.78, 5) is 26.3. The Morgan fingerprint density at radius 3 is 2.57 bits per heavy atom. The third-order valence-electron chi connectivity index (χ3n) is 4.62. The lowest BCUT2D eigenvalue weighted by Crippen LogP contribution is -2.51. The third-order valence-corrected chi connectivity index (χ3v) is 4.62. The highest BCUT2D eigenvalue weighted by molar-refractivity contribution is 6.13. The van der Waals surface area contributed by atoms with Crippen LogP contribution in [0.4, 0.5) is 5.69 Å². The topological polar surface area (TPSA) is 66.8 Å². The van der Waals surface area contributed by atoms with Crippen molar-refractivity contribution >= 4 is 23.0 Å². The molecule has 122 valence electrons. The van der Waals surface area contributed by atoms with Crippen LogP contribution in [0.5, 0.6) is 5.75 Å². The third kappa shape index (κ3) is 2.03. The molecule has 1 amide bonds. The SMILES string of the molecule is COc1cc2c3c(c1)C(O)(CC(C)=O)C(=O)N3C(C)(C)C=C2C. The van der Waals surface area contributed by atoms with Gasteiger partial charge in [0, 0.05) is 17.5 Å². The van der Waals surface area contributed by atoms with E-state index in [1.807, 2.05) is 32.9 Å². The summed E-state index contributed by atoms with van der Waals surface area (Å²) in [6.07, 6.45) is 1.76. The molecular formula is C18H21NO4. The Labute approximate surface area is 135 Å². The standard InChI is InChI=1S/C18H21NO4/c1-10-8-17(3,4)19-15-13(10)6-12(23-5)7-14(15)18(22,16(19)21)9-11(2)20/h6-8,22H,9H2,1-5H3. The van der Waals surface area contributed by atoms with Crippen molar-refractivity contribution < 1.29 is 19.4 Å². The van der Waals surface area contributed by atoms with Gasteiger partial charge in [-0.25, -0.2) is 0 Å². The first-order valence-electron chi connectivity index (χ1n) is 7.60. The van der Waals surface area contributed by atoms with Gasteiger partial charge in [-0.1, -0.05) is 6.08 Å². The van der Waals surface area contributed by atoms with Crippen molar-refractivity contribution in [3.05, 3.63) is 29.3 Å². The quantitative estimate of drug-likeness (QED) is 0.930. The summed E-state index contributed by atoms with van der Waals surface area (Å²) in [5, 5.41) is 11.1. The number of hydrogen-bond acceptors (Lipinski definition) is 4. The van der Waals surface area contributed by atoms with Crippen LogP contribution in [-0.2, 0) is 15.2 Å². The Kier molecular flexibility index (Phi) is 3.20. The first-order chi connectivity index (χ1) is 10.6. The molecule has 0 aliphatic carbocycles. The summed E-state index contributed by atoms with van der Waals surface area (Å²) in [5.74, 6) is -0.131. The Bertz CT molecular complexity index is 763. The highest BCUT2D eigenvalue weighted by Gasteiger charge is 2.56. The molecule has 1 aromatic carbocycles. The van der Waals surface area contributed by atoms with Crippen LogP contribution in [0.25, 0.3) is 5.57 Å². The smallest absolute Gasteiger partial charge is 0.264 e. The van der Waals surface area contributed by atoms with Crippen molar-refractivity contribution in [2.75, 3.05) is 12.0 Å². The molecule has 5 nitrogen and oxygen atoms in total. The van der Waals surface area contributed by atoms with Crippen molar-refractivity contribution in [1.82, 2.24) is 0 Å². The molecule has 2 heterocycles. The zero-order valence-electron chi connectivity index (χ0n) is 14.1. The second kappa shape index (κ2) is 4.68. The number of nitrogens with zero attached hydrogens (tertiary/aromatic N) is 1. The van der Waals surface area contributed by atoms with E-state index in [9.17, 15) is 14.7 Å². The van der Waals surface area contributed by atoms with Gasteiger partial charge in [0.15, 0.2) is 5.60 Å². The molecule has 0 saturated heterocycles. The van der Waals surface area contributed by atoms with E-state index < -0.39 is 17.0 Å². The number of methoxy groups -OCH3 is 1. The number of carbonyl (C=O) groups excluding carboxylic acids is 2. The van der Waals surface area contributed by atoms with E-state index in [2.05, 4.69) is 0 Å². The van der Waals surface area contributed by atoms with E-state index in [0.717, 1.165) is 11.1 Å². The molecule has 0 fully saturated rings. The Balaban J connectivity index is 2.36. The largest absolute Gasteiger partial charge is 0.497 e. The Hall–Kier alpha value is -2.14. The van der Waals surface area contributed by atoms with E-state index in [-0.39, 0.29) is 12.2 Å². The van der Waals surface area contributed by atoms with Crippen LogP contribution in [0, 0.1) is 0 Å². The molecule has 5 heteroatoms. The van der Waals surface area contributed by atoms with Crippen molar-refractivity contribution in [3.63, 3.8) is 0 Å². The predicted octanol–water partition coefficient (Wildman–Crippen LogP) is 2.40. The van der Waals surface area contributed by atoms with Gasteiger partial charge in [-0.2, -0.15) is 0 Å². The number of ketones is 1. The molecule has 23 heavy (non-hydrogen) atoms. The van der Waals surface area contributed by atoms with E-state index in [4.69, 9.17) is 4.74 Å². The second-order valence-corrected chi connectivity index (χ2v) is 6.93. The van der Waals surface area contributed by atoms with Crippen LogP contribution in [0.15, 0.2) is 18.2 Å². The van der Waals surface area contributed by atoms with Crippen LogP contribution >= 0.6 is 0 Å². The molecule has 0 spiro atoms. The minimum absolute atomic E-state index is 0.236. The number of benzene rings is 1. The fourth-order valence-electron chi connectivity index (χ4n) is 3.74. The predicted molar refractivity (Wildman–Crippen MR) is 87.4 cm³/mol.